The highest BCUT2D eigenvalue weighted by Gasteiger charge is 2.41. The summed E-state index contributed by atoms with van der Waals surface area (Å²) in [6.07, 6.45) is 41.4. The van der Waals surface area contributed by atoms with Crippen LogP contribution < -0.4 is 0 Å². The van der Waals surface area contributed by atoms with Crippen molar-refractivity contribution in [2.24, 2.45) is 34.5 Å². The van der Waals surface area contributed by atoms with Crippen LogP contribution in [0.2, 0.25) is 0 Å². The van der Waals surface area contributed by atoms with E-state index in [-0.39, 0.29) is 24.0 Å². The summed E-state index contributed by atoms with van der Waals surface area (Å²) in [7, 11) is 0. The molecule has 2 heteroatoms. The molecule has 0 bridgehead atoms. The molecule has 2 aliphatic rings. The van der Waals surface area contributed by atoms with E-state index < -0.39 is 0 Å². The molecule has 0 spiro atoms. The topological polar surface area (TPSA) is 40.5 Å². The van der Waals surface area contributed by atoms with E-state index in [4.69, 9.17) is 0 Å². The Morgan fingerprint density at radius 2 is 0.885 bits per heavy atom. The molecule has 2 aliphatic carbocycles. The Morgan fingerprint density at radius 3 is 1.23 bits per heavy atom. The van der Waals surface area contributed by atoms with E-state index in [0.717, 1.165) is 49.7 Å². The maximum Gasteiger partial charge on any atom is 0.0639 e. The Hall–Kier alpha value is -3.46. The van der Waals surface area contributed by atoms with Crippen LogP contribution in [0.25, 0.3) is 0 Å². The molecular weight excluding hydrogens is 633 g/mol. The quantitative estimate of drug-likeness (QED) is 0.124. The Bertz CT molecular complexity index is 1430. The number of aliphatic hydroxyl groups is 2. The lowest BCUT2D eigenvalue weighted by Gasteiger charge is -2.45. The molecule has 52 heavy (non-hydrogen) atoms. The fraction of sp³-hybridized carbons (Fsp3) is 0.480. The normalized spacial score (nSPS) is 26.0. The van der Waals surface area contributed by atoms with E-state index in [1.165, 1.54) is 33.4 Å². The highest BCUT2D eigenvalue weighted by Crippen LogP contribution is 2.50. The summed E-state index contributed by atoms with van der Waals surface area (Å²) in [5.41, 5.74) is 9.85. The van der Waals surface area contributed by atoms with Gasteiger partial charge < -0.3 is 10.2 Å². The van der Waals surface area contributed by atoms with Crippen LogP contribution in [0.5, 0.6) is 0 Å². The molecule has 4 atom stereocenters. The summed E-state index contributed by atoms with van der Waals surface area (Å²) in [5, 5.41) is 18.8. The van der Waals surface area contributed by atoms with Gasteiger partial charge in [-0.1, -0.05) is 183 Å². The van der Waals surface area contributed by atoms with Crippen molar-refractivity contribution in [1.29, 1.82) is 0 Å². The van der Waals surface area contributed by atoms with Crippen molar-refractivity contribution in [3.05, 3.63) is 155 Å². The minimum atomic E-state index is 0.127. The van der Waals surface area contributed by atoms with E-state index in [1.54, 1.807) is 0 Å². The third kappa shape index (κ3) is 14.5. The van der Waals surface area contributed by atoms with Gasteiger partial charge in [0.25, 0.3) is 0 Å². The molecule has 0 aromatic heterocycles. The SMILES string of the molecule is C=C1CC[C@H](C/C=C(\C)CO)C(C)(C)[C@@H]1/C=C/C(C)=C/C=C/C(C)=C/C=C/C=C(C)/C=C/C=C(C)/C=C/[C@@H]1C(=C)CC[C@H](C/C=C(\C)CO)C1(C)C. The van der Waals surface area contributed by atoms with Crippen LogP contribution in [-0.4, -0.2) is 23.4 Å². The van der Waals surface area contributed by atoms with Gasteiger partial charge in [-0.15, -0.1) is 0 Å². The first kappa shape index (κ1) is 44.7. The van der Waals surface area contributed by atoms with Gasteiger partial charge in [-0.25, -0.2) is 0 Å². The molecule has 0 unspecified atom stereocenters. The van der Waals surface area contributed by atoms with Gasteiger partial charge in [0.15, 0.2) is 0 Å². The Morgan fingerprint density at radius 1 is 0.558 bits per heavy atom. The van der Waals surface area contributed by atoms with Gasteiger partial charge in [0.05, 0.1) is 13.2 Å². The van der Waals surface area contributed by atoms with Gasteiger partial charge in [-0.05, 0) is 103 Å². The van der Waals surface area contributed by atoms with Crippen molar-refractivity contribution < 1.29 is 10.2 Å². The van der Waals surface area contributed by atoms with Crippen LogP contribution in [0.15, 0.2) is 155 Å². The highest BCUT2D eigenvalue weighted by molar-refractivity contribution is 5.33. The summed E-state index contributed by atoms with van der Waals surface area (Å²) >= 11 is 0. The molecule has 2 N–H and O–H groups in total. The fourth-order valence-corrected chi connectivity index (χ4v) is 7.60. The summed E-state index contributed by atoms with van der Waals surface area (Å²) < 4.78 is 0. The molecule has 2 rings (SSSR count). The first-order valence-corrected chi connectivity index (χ1v) is 19.5. The predicted octanol–water partition coefficient (Wildman–Crippen LogP) is 13.4. The number of aliphatic hydroxyl groups excluding tert-OH is 2. The zero-order valence-corrected chi connectivity index (χ0v) is 34.5. The van der Waals surface area contributed by atoms with Crippen LogP contribution in [-0.2, 0) is 0 Å². The minimum Gasteiger partial charge on any atom is -0.392 e. The number of rotatable bonds is 16. The maximum absolute atomic E-state index is 9.41. The zero-order chi connectivity index (χ0) is 38.9. The number of hydrogen-bond donors (Lipinski definition) is 2. The standard InChI is InChI=1S/C50H72O2/c1-37(19-15-21-39(3)25-33-47-43(7)27-31-45(49(47,9)10)29-23-41(5)35-51)17-13-14-18-38(2)20-16-22-40(4)26-34-48-44(8)28-32-46(50(48,11)12)30-24-42(6)36-52/h13-26,33-34,45-48,51-52H,7-8,27-32,35-36H2,1-6,9-12H3/b14-13+,19-15+,20-16+,33-25+,34-26+,37-17+,38-18+,39-21+,40-22+,41-23+,42-24+/t45-,46-,47+,48+/m0/s1. The first-order valence-electron chi connectivity index (χ1n) is 19.5. The lowest BCUT2D eigenvalue weighted by molar-refractivity contribution is 0.127. The average molecular weight is 705 g/mol. The molecule has 0 aromatic rings. The second kappa shape index (κ2) is 21.9. The van der Waals surface area contributed by atoms with Crippen molar-refractivity contribution >= 4 is 0 Å². The van der Waals surface area contributed by atoms with E-state index in [9.17, 15) is 10.2 Å². The van der Waals surface area contributed by atoms with Crippen molar-refractivity contribution in [3.63, 3.8) is 0 Å². The van der Waals surface area contributed by atoms with Crippen LogP contribution in [0, 0.1) is 34.5 Å². The van der Waals surface area contributed by atoms with Crippen LogP contribution in [0.1, 0.15) is 108 Å². The van der Waals surface area contributed by atoms with Crippen molar-refractivity contribution in [2.75, 3.05) is 13.2 Å². The van der Waals surface area contributed by atoms with Gasteiger partial charge >= 0.3 is 0 Å². The second-order valence-corrected chi connectivity index (χ2v) is 16.7. The van der Waals surface area contributed by atoms with E-state index in [0.29, 0.717) is 23.7 Å². The fourth-order valence-electron chi connectivity index (χ4n) is 7.60. The molecule has 2 nitrogen and oxygen atoms in total. The third-order valence-corrected chi connectivity index (χ3v) is 11.6. The van der Waals surface area contributed by atoms with Crippen LogP contribution in [0.3, 0.4) is 0 Å². The Labute approximate surface area is 319 Å². The molecule has 0 aromatic carbocycles. The average Bonchev–Trinajstić information content (AvgIpc) is 3.08. The predicted molar refractivity (Wildman–Crippen MR) is 230 cm³/mol. The van der Waals surface area contributed by atoms with Gasteiger partial charge in [-0.2, -0.15) is 0 Å². The molecular formula is C50H72O2. The molecule has 284 valence electrons. The van der Waals surface area contributed by atoms with Crippen LogP contribution >= 0.6 is 0 Å². The van der Waals surface area contributed by atoms with Crippen molar-refractivity contribution in [1.82, 2.24) is 0 Å². The van der Waals surface area contributed by atoms with E-state index >= 15 is 0 Å². The van der Waals surface area contributed by atoms with E-state index in [2.05, 4.69) is 166 Å². The number of allylic oxidation sites excluding steroid dienone is 22. The van der Waals surface area contributed by atoms with Crippen molar-refractivity contribution in [2.45, 2.75) is 108 Å². The molecule has 0 radical (unpaired) electrons. The molecule has 0 saturated heterocycles. The molecule has 0 amide bonds. The lowest BCUT2D eigenvalue weighted by atomic mass is 9.59. The molecule has 2 saturated carbocycles. The summed E-state index contributed by atoms with van der Waals surface area (Å²) in [5.74, 6) is 1.85. The summed E-state index contributed by atoms with van der Waals surface area (Å²) in [6, 6.07) is 0. The maximum atomic E-state index is 9.41. The first-order chi connectivity index (χ1) is 24.5. The number of hydrogen-bond acceptors (Lipinski definition) is 2. The minimum absolute atomic E-state index is 0.127. The molecule has 0 aliphatic heterocycles. The summed E-state index contributed by atoms with van der Waals surface area (Å²) in [6.45, 7) is 31.2. The van der Waals surface area contributed by atoms with Gasteiger partial charge in [0.2, 0.25) is 0 Å². The highest BCUT2D eigenvalue weighted by atomic mass is 16.3. The zero-order valence-electron chi connectivity index (χ0n) is 34.5. The summed E-state index contributed by atoms with van der Waals surface area (Å²) in [4.78, 5) is 0. The molecule has 2 fully saturated rings. The largest absolute Gasteiger partial charge is 0.392 e. The van der Waals surface area contributed by atoms with E-state index in [1.807, 2.05) is 13.8 Å². The monoisotopic (exact) mass is 705 g/mol. The smallest absolute Gasteiger partial charge is 0.0639 e. The van der Waals surface area contributed by atoms with Gasteiger partial charge in [0.1, 0.15) is 0 Å². The third-order valence-electron chi connectivity index (χ3n) is 11.6. The molecule has 0 heterocycles. The van der Waals surface area contributed by atoms with Crippen molar-refractivity contribution in [3.8, 4) is 0 Å². The second-order valence-electron chi connectivity index (χ2n) is 16.7. The van der Waals surface area contributed by atoms with Gasteiger partial charge in [-0.3, -0.25) is 0 Å². The lowest BCUT2D eigenvalue weighted by Crippen LogP contribution is -2.36. The van der Waals surface area contributed by atoms with Gasteiger partial charge in [0, 0.05) is 11.8 Å². The Balaban J connectivity index is 1.94. The van der Waals surface area contributed by atoms with Crippen LogP contribution in [0.4, 0.5) is 0 Å². The Kier molecular flexibility index (Phi) is 18.8.